The predicted molar refractivity (Wildman–Crippen MR) is 134 cm³/mol. The lowest BCUT2D eigenvalue weighted by Gasteiger charge is -2.16. The van der Waals surface area contributed by atoms with Crippen LogP contribution in [0.25, 0.3) is 0 Å². The number of nitrogens with one attached hydrogen (secondary N) is 1. The second kappa shape index (κ2) is 11.3. The molecule has 2 amide bonds. The van der Waals surface area contributed by atoms with E-state index in [0.717, 1.165) is 16.7 Å². The lowest BCUT2D eigenvalue weighted by Crippen LogP contribution is -2.30. The van der Waals surface area contributed by atoms with Gasteiger partial charge < -0.3 is 14.4 Å². The van der Waals surface area contributed by atoms with Crippen molar-refractivity contribution in [3.63, 3.8) is 0 Å². The number of carbonyl (C=O) groups is 2. The third-order valence-electron chi connectivity index (χ3n) is 5.95. The van der Waals surface area contributed by atoms with Gasteiger partial charge in [0.15, 0.2) is 11.5 Å². The van der Waals surface area contributed by atoms with Crippen LogP contribution in [0.3, 0.4) is 0 Å². The molecule has 3 aromatic carbocycles. The average molecular weight is 472 g/mol. The molecule has 35 heavy (non-hydrogen) atoms. The minimum Gasteiger partial charge on any atom is -0.493 e. The Kier molecular flexibility index (Phi) is 7.77. The van der Waals surface area contributed by atoms with Crippen LogP contribution in [0.4, 0.5) is 0 Å². The number of likely N-dealkylation sites (tertiary alicyclic amines) is 1. The quantitative estimate of drug-likeness (QED) is 0.375. The zero-order valence-electron chi connectivity index (χ0n) is 19.9. The van der Waals surface area contributed by atoms with Gasteiger partial charge in [-0.15, -0.1) is 0 Å². The third kappa shape index (κ3) is 6.26. The average Bonchev–Trinajstić information content (AvgIpc) is 3.26. The summed E-state index contributed by atoms with van der Waals surface area (Å²) >= 11 is 0. The molecule has 1 heterocycles. The lowest BCUT2D eigenvalue weighted by atomic mass is 10.1. The van der Waals surface area contributed by atoms with Crippen molar-refractivity contribution in [1.82, 2.24) is 10.3 Å². The first-order valence-corrected chi connectivity index (χ1v) is 11.5. The maximum atomic E-state index is 12.7. The number of hydrazone groups is 1. The smallest absolute Gasteiger partial charge is 0.245 e. The van der Waals surface area contributed by atoms with Crippen LogP contribution in [0.1, 0.15) is 30.0 Å². The van der Waals surface area contributed by atoms with Crippen molar-refractivity contribution >= 4 is 17.5 Å². The van der Waals surface area contributed by atoms with E-state index in [-0.39, 0.29) is 18.2 Å². The van der Waals surface area contributed by atoms with Crippen LogP contribution in [-0.2, 0) is 22.7 Å². The Balaban J connectivity index is 1.35. The van der Waals surface area contributed by atoms with E-state index in [1.54, 1.807) is 18.9 Å². The molecule has 1 atom stereocenters. The first-order chi connectivity index (χ1) is 17.0. The maximum Gasteiger partial charge on any atom is 0.245 e. The number of methoxy groups -OCH3 is 1. The normalized spacial score (nSPS) is 15.7. The minimum atomic E-state index is -0.425. The number of carbonyl (C=O) groups excluding carboxylic acids is 2. The molecule has 1 saturated heterocycles. The fraction of sp³-hybridized carbons (Fsp3) is 0.250. The largest absolute Gasteiger partial charge is 0.493 e. The van der Waals surface area contributed by atoms with Gasteiger partial charge in [0, 0.05) is 25.1 Å². The molecule has 180 valence electrons. The molecule has 0 saturated carbocycles. The molecule has 1 fully saturated rings. The zero-order chi connectivity index (χ0) is 24.6. The summed E-state index contributed by atoms with van der Waals surface area (Å²) in [4.78, 5) is 26.8. The summed E-state index contributed by atoms with van der Waals surface area (Å²) in [5.74, 6) is 0.497. The van der Waals surface area contributed by atoms with Gasteiger partial charge in [0.05, 0.1) is 18.7 Å². The number of hydrogen-bond donors (Lipinski definition) is 1. The zero-order valence-corrected chi connectivity index (χ0v) is 19.9. The number of benzene rings is 3. The Bertz CT molecular complexity index is 1200. The van der Waals surface area contributed by atoms with Crippen molar-refractivity contribution < 1.29 is 19.1 Å². The minimum absolute atomic E-state index is 0.0227. The van der Waals surface area contributed by atoms with Gasteiger partial charge in [0.1, 0.15) is 6.61 Å². The molecule has 1 aliphatic rings. The second-order valence-corrected chi connectivity index (χ2v) is 8.47. The van der Waals surface area contributed by atoms with Crippen molar-refractivity contribution in [1.29, 1.82) is 0 Å². The van der Waals surface area contributed by atoms with Gasteiger partial charge in [-0.05, 0) is 36.2 Å². The summed E-state index contributed by atoms with van der Waals surface area (Å²) in [6.07, 6.45) is 0.189. The van der Waals surface area contributed by atoms with Gasteiger partial charge in [-0.1, -0.05) is 60.7 Å². The molecule has 7 heteroatoms. The molecular formula is C28H29N3O4. The van der Waals surface area contributed by atoms with Crippen LogP contribution in [0.2, 0.25) is 0 Å². The Labute approximate surface area is 205 Å². The molecule has 0 aromatic heterocycles. The van der Waals surface area contributed by atoms with E-state index in [9.17, 15) is 9.59 Å². The van der Waals surface area contributed by atoms with E-state index < -0.39 is 5.92 Å². The molecule has 7 nitrogen and oxygen atoms in total. The Morgan fingerprint density at radius 1 is 1.00 bits per heavy atom. The molecule has 0 spiro atoms. The first-order valence-electron chi connectivity index (χ1n) is 11.5. The first kappa shape index (κ1) is 24.0. The van der Waals surface area contributed by atoms with Gasteiger partial charge in [-0.2, -0.15) is 5.10 Å². The molecule has 1 unspecified atom stereocenters. The fourth-order valence-corrected chi connectivity index (χ4v) is 3.95. The van der Waals surface area contributed by atoms with Crippen molar-refractivity contribution in [2.75, 3.05) is 13.7 Å². The van der Waals surface area contributed by atoms with E-state index in [1.165, 1.54) is 0 Å². The van der Waals surface area contributed by atoms with E-state index >= 15 is 0 Å². The van der Waals surface area contributed by atoms with Gasteiger partial charge >= 0.3 is 0 Å². The van der Waals surface area contributed by atoms with Crippen LogP contribution in [0.15, 0.2) is 84.0 Å². The topological polar surface area (TPSA) is 80.2 Å². The van der Waals surface area contributed by atoms with Crippen LogP contribution < -0.4 is 14.9 Å². The van der Waals surface area contributed by atoms with Gasteiger partial charge in [0.2, 0.25) is 11.8 Å². The summed E-state index contributed by atoms with van der Waals surface area (Å²) < 4.78 is 11.4. The summed E-state index contributed by atoms with van der Waals surface area (Å²) in [7, 11) is 1.58. The number of ether oxygens (including phenoxy) is 2. The van der Waals surface area contributed by atoms with E-state index in [4.69, 9.17) is 9.47 Å². The van der Waals surface area contributed by atoms with Crippen molar-refractivity contribution in [2.45, 2.75) is 26.5 Å². The van der Waals surface area contributed by atoms with Crippen LogP contribution in [-0.4, -0.2) is 36.1 Å². The molecule has 1 aliphatic heterocycles. The summed E-state index contributed by atoms with van der Waals surface area (Å²) in [5.41, 5.74) is 6.14. The Morgan fingerprint density at radius 2 is 1.69 bits per heavy atom. The van der Waals surface area contributed by atoms with Crippen molar-refractivity contribution in [3.8, 4) is 11.5 Å². The highest BCUT2D eigenvalue weighted by molar-refractivity contribution is 6.00. The highest BCUT2D eigenvalue weighted by Crippen LogP contribution is 2.29. The SMILES string of the molecule is COc1cc(/C(C)=N/NC(=O)C2CC(=O)N(Cc3ccccc3)C2)ccc1OCc1ccccc1. The Hall–Kier alpha value is -4.13. The standard InChI is InChI=1S/C28H29N3O4/c1-20(23-13-14-25(26(15-23)34-2)35-19-22-11-7-4-8-12-22)29-30-28(33)24-16-27(32)31(18-24)17-21-9-5-3-6-10-21/h3-15,24H,16-19H2,1-2H3,(H,30,33)/b29-20+. The number of amides is 2. The number of rotatable bonds is 9. The summed E-state index contributed by atoms with van der Waals surface area (Å²) in [6, 6.07) is 25.2. The fourth-order valence-electron chi connectivity index (χ4n) is 3.95. The van der Waals surface area contributed by atoms with E-state index in [1.807, 2.05) is 78.9 Å². The molecule has 0 bridgehead atoms. The van der Waals surface area contributed by atoms with Crippen LogP contribution >= 0.6 is 0 Å². The molecule has 0 aliphatic carbocycles. The van der Waals surface area contributed by atoms with E-state index in [0.29, 0.717) is 36.9 Å². The monoisotopic (exact) mass is 471 g/mol. The van der Waals surface area contributed by atoms with Crippen molar-refractivity contribution in [2.24, 2.45) is 11.0 Å². The maximum absolute atomic E-state index is 12.7. The Morgan fingerprint density at radius 3 is 2.37 bits per heavy atom. The molecule has 4 rings (SSSR count). The predicted octanol–water partition coefficient (Wildman–Crippen LogP) is 4.16. The van der Waals surface area contributed by atoms with Crippen molar-refractivity contribution in [3.05, 3.63) is 95.6 Å². The second-order valence-electron chi connectivity index (χ2n) is 8.47. The molecule has 1 N–H and O–H groups in total. The van der Waals surface area contributed by atoms with Gasteiger partial charge in [0.25, 0.3) is 0 Å². The molecule has 0 radical (unpaired) electrons. The number of hydrogen-bond acceptors (Lipinski definition) is 5. The van der Waals surface area contributed by atoms with E-state index in [2.05, 4.69) is 10.5 Å². The molecular weight excluding hydrogens is 442 g/mol. The highest BCUT2D eigenvalue weighted by atomic mass is 16.5. The van der Waals surface area contributed by atoms with Gasteiger partial charge in [-0.25, -0.2) is 5.43 Å². The molecule has 3 aromatic rings. The lowest BCUT2D eigenvalue weighted by molar-refractivity contribution is -0.129. The van der Waals surface area contributed by atoms with Gasteiger partial charge in [-0.3, -0.25) is 9.59 Å². The number of nitrogens with zero attached hydrogens (tertiary/aromatic N) is 2. The summed E-state index contributed by atoms with van der Waals surface area (Å²) in [6.45, 7) is 3.13. The van der Waals surface area contributed by atoms with Crippen LogP contribution in [0.5, 0.6) is 11.5 Å². The highest BCUT2D eigenvalue weighted by Gasteiger charge is 2.34. The van der Waals surface area contributed by atoms with Crippen LogP contribution in [0, 0.1) is 5.92 Å². The third-order valence-corrected chi connectivity index (χ3v) is 5.95. The summed E-state index contributed by atoms with van der Waals surface area (Å²) in [5, 5.41) is 4.26.